The molecule has 0 aliphatic heterocycles. The lowest BCUT2D eigenvalue weighted by molar-refractivity contribution is -0.137. The summed E-state index contributed by atoms with van der Waals surface area (Å²) in [4.78, 5) is 15.0. The Labute approximate surface area is 160 Å². The standard InChI is InChI=1S/C17H14Cl2N2O4S/c18-11-4-6-13(7-5-11)26(24,25)21-12(2-1-3-17(22)23)10-14-15(21)8-9-16(19)20-14/h4-10H,1-3H2,(H,22,23). The van der Waals surface area contributed by atoms with Crippen molar-refractivity contribution >= 4 is 50.2 Å². The highest BCUT2D eigenvalue weighted by atomic mass is 35.5. The van der Waals surface area contributed by atoms with E-state index in [0.29, 0.717) is 28.2 Å². The second-order valence-electron chi connectivity index (χ2n) is 5.64. The van der Waals surface area contributed by atoms with Gasteiger partial charge in [0.2, 0.25) is 0 Å². The van der Waals surface area contributed by atoms with Crippen LogP contribution in [-0.2, 0) is 21.2 Å². The molecule has 0 fully saturated rings. The van der Waals surface area contributed by atoms with E-state index in [1.54, 1.807) is 12.1 Å². The van der Waals surface area contributed by atoms with Crippen LogP contribution in [0.3, 0.4) is 0 Å². The van der Waals surface area contributed by atoms with E-state index in [1.165, 1.54) is 34.3 Å². The molecule has 3 rings (SSSR count). The first-order valence-electron chi connectivity index (χ1n) is 7.69. The number of nitrogens with zero attached hydrogens (tertiary/aromatic N) is 2. The van der Waals surface area contributed by atoms with Crippen molar-refractivity contribution in [2.24, 2.45) is 0 Å². The number of halogens is 2. The Kier molecular flexibility index (Phi) is 5.22. The summed E-state index contributed by atoms with van der Waals surface area (Å²) in [6, 6.07) is 10.6. The largest absolute Gasteiger partial charge is 0.481 e. The predicted molar refractivity (Wildman–Crippen MR) is 99.4 cm³/mol. The van der Waals surface area contributed by atoms with Crippen molar-refractivity contribution in [3.63, 3.8) is 0 Å². The molecule has 0 aliphatic rings. The molecule has 1 N–H and O–H groups in total. The minimum Gasteiger partial charge on any atom is -0.481 e. The third kappa shape index (κ3) is 3.70. The number of aliphatic carboxylic acids is 1. The molecule has 9 heteroatoms. The maximum atomic E-state index is 13.2. The fourth-order valence-electron chi connectivity index (χ4n) is 2.68. The minimum atomic E-state index is -3.91. The van der Waals surface area contributed by atoms with Crippen molar-refractivity contribution in [1.82, 2.24) is 8.96 Å². The van der Waals surface area contributed by atoms with Crippen LogP contribution in [0.2, 0.25) is 10.2 Å². The van der Waals surface area contributed by atoms with E-state index in [0.717, 1.165) is 0 Å². The topological polar surface area (TPSA) is 89.3 Å². The summed E-state index contributed by atoms with van der Waals surface area (Å²) in [5, 5.41) is 9.51. The molecule has 6 nitrogen and oxygen atoms in total. The van der Waals surface area contributed by atoms with Crippen LogP contribution < -0.4 is 0 Å². The Hall–Kier alpha value is -2.09. The quantitative estimate of drug-likeness (QED) is 0.618. The number of carboxylic acid groups (broad SMARTS) is 1. The molecule has 0 bridgehead atoms. The van der Waals surface area contributed by atoms with Crippen LogP contribution in [0, 0.1) is 0 Å². The van der Waals surface area contributed by atoms with Crippen LogP contribution in [0.15, 0.2) is 47.4 Å². The number of aromatic nitrogens is 2. The van der Waals surface area contributed by atoms with Crippen molar-refractivity contribution in [3.05, 3.63) is 58.3 Å². The molecule has 26 heavy (non-hydrogen) atoms. The summed E-state index contributed by atoms with van der Waals surface area (Å²) in [5.41, 5.74) is 1.26. The lowest BCUT2D eigenvalue weighted by Crippen LogP contribution is -2.16. The lowest BCUT2D eigenvalue weighted by atomic mass is 10.2. The van der Waals surface area contributed by atoms with Gasteiger partial charge in [-0.2, -0.15) is 0 Å². The molecule has 0 atom stereocenters. The van der Waals surface area contributed by atoms with E-state index in [4.69, 9.17) is 28.3 Å². The Morgan fingerprint density at radius 1 is 1.12 bits per heavy atom. The van der Waals surface area contributed by atoms with Gasteiger partial charge in [0.05, 0.1) is 15.9 Å². The lowest BCUT2D eigenvalue weighted by Gasteiger charge is -2.12. The maximum Gasteiger partial charge on any atom is 0.303 e. The highest BCUT2D eigenvalue weighted by Gasteiger charge is 2.23. The molecule has 2 heterocycles. The summed E-state index contributed by atoms with van der Waals surface area (Å²) in [7, 11) is -3.91. The second kappa shape index (κ2) is 7.26. The van der Waals surface area contributed by atoms with Crippen LogP contribution in [0.1, 0.15) is 18.5 Å². The van der Waals surface area contributed by atoms with Gasteiger partial charge in [0.25, 0.3) is 10.0 Å². The number of carbonyl (C=O) groups is 1. The van der Waals surface area contributed by atoms with Gasteiger partial charge in [0, 0.05) is 17.1 Å². The second-order valence-corrected chi connectivity index (χ2v) is 8.26. The van der Waals surface area contributed by atoms with Crippen LogP contribution in [0.25, 0.3) is 11.0 Å². The van der Waals surface area contributed by atoms with Gasteiger partial charge in [0.15, 0.2) is 0 Å². The number of benzene rings is 1. The summed E-state index contributed by atoms with van der Waals surface area (Å²) < 4.78 is 27.5. The molecule has 2 aromatic heterocycles. The molecule has 3 aromatic rings. The van der Waals surface area contributed by atoms with Gasteiger partial charge in [-0.3, -0.25) is 4.79 Å². The molecule has 0 spiro atoms. The van der Waals surface area contributed by atoms with Crippen molar-refractivity contribution in [1.29, 1.82) is 0 Å². The average molecular weight is 413 g/mol. The van der Waals surface area contributed by atoms with Gasteiger partial charge in [-0.15, -0.1) is 0 Å². The third-order valence-corrected chi connectivity index (χ3v) is 6.07. The predicted octanol–water partition coefficient (Wildman–Crippen LogP) is 3.99. The van der Waals surface area contributed by atoms with E-state index in [2.05, 4.69) is 4.98 Å². The van der Waals surface area contributed by atoms with Gasteiger partial charge >= 0.3 is 5.97 Å². The Morgan fingerprint density at radius 2 is 1.81 bits per heavy atom. The van der Waals surface area contributed by atoms with Gasteiger partial charge in [0.1, 0.15) is 5.15 Å². The van der Waals surface area contributed by atoms with Crippen molar-refractivity contribution in [2.45, 2.75) is 24.2 Å². The molecule has 1 aromatic carbocycles. The summed E-state index contributed by atoms with van der Waals surface area (Å²) >= 11 is 11.8. The fraction of sp³-hybridized carbons (Fsp3) is 0.176. The van der Waals surface area contributed by atoms with Crippen LogP contribution in [-0.4, -0.2) is 28.5 Å². The average Bonchev–Trinajstić information content (AvgIpc) is 2.92. The first-order valence-corrected chi connectivity index (χ1v) is 9.88. The normalized spacial score (nSPS) is 11.8. The number of aryl methyl sites for hydroxylation is 1. The van der Waals surface area contributed by atoms with Gasteiger partial charge in [-0.25, -0.2) is 17.4 Å². The van der Waals surface area contributed by atoms with Crippen LogP contribution in [0.4, 0.5) is 0 Å². The van der Waals surface area contributed by atoms with Crippen molar-refractivity contribution in [3.8, 4) is 0 Å². The highest BCUT2D eigenvalue weighted by Crippen LogP contribution is 2.27. The molecule has 0 radical (unpaired) electrons. The van der Waals surface area contributed by atoms with Gasteiger partial charge in [-0.1, -0.05) is 23.2 Å². The van der Waals surface area contributed by atoms with Crippen LogP contribution >= 0.6 is 23.2 Å². The van der Waals surface area contributed by atoms with Gasteiger partial charge in [-0.05, 0) is 55.3 Å². The van der Waals surface area contributed by atoms with Crippen LogP contribution in [0.5, 0.6) is 0 Å². The number of hydrogen-bond acceptors (Lipinski definition) is 4. The number of fused-ring (bicyclic) bond motifs is 1. The SMILES string of the molecule is O=C(O)CCCc1cc2nc(Cl)ccc2n1S(=O)(=O)c1ccc(Cl)cc1. The third-order valence-electron chi connectivity index (χ3n) is 3.83. The number of carboxylic acids is 1. The molecule has 136 valence electrons. The van der Waals surface area contributed by atoms with E-state index in [9.17, 15) is 13.2 Å². The first kappa shape index (κ1) is 18.7. The summed E-state index contributed by atoms with van der Waals surface area (Å²) in [5.74, 6) is -0.936. The molecular weight excluding hydrogens is 399 g/mol. The maximum absolute atomic E-state index is 13.2. The minimum absolute atomic E-state index is 0.0588. The van der Waals surface area contributed by atoms with E-state index in [-0.39, 0.29) is 22.9 Å². The van der Waals surface area contributed by atoms with E-state index < -0.39 is 16.0 Å². The van der Waals surface area contributed by atoms with E-state index >= 15 is 0 Å². The number of hydrogen-bond donors (Lipinski definition) is 1. The molecule has 0 saturated carbocycles. The summed E-state index contributed by atoms with van der Waals surface area (Å²) in [6.07, 6.45) is 0.513. The van der Waals surface area contributed by atoms with Crippen molar-refractivity contribution in [2.75, 3.05) is 0 Å². The Morgan fingerprint density at radius 3 is 2.46 bits per heavy atom. The van der Waals surface area contributed by atoms with Gasteiger partial charge < -0.3 is 5.11 Å². The zero-order chi connectivity index (χ0) is 18.9. The molecule has 0 unspecified atom stereocenters. The van der Waals surface area contributed by atoms with Crippen molar-refractivity contribution < 1.29 is 18.3 Å². The fourth-order valence-corrected chi connectivity index (χ4v) is 4.52. The molecule has 0 amide bonds. The number of pyridine rings is 1. The zero-order valence-electron chi connectivity index (χ0n) is 13.4. The Bertz CT molecular complexity index is 1080. The highest BCUT2D eigenvalue weighted by molar-refractivity contribution is 7.90. The summed E-state index contributed by atoms with van der Waals surface area (Å²) in [6.45, 7) is 0. The molecule has 0 aliphatic carbocycles. The number of rotatable bonds is 6. The Balaban J connectivity index is 2.15. The van der Waals surface area contributed by atoms with E-state index in [1.807, 2.05) is 0 Å². The molecular formula is C17H14Cl2N2O4S. The first-order chi connectivity index (χ1) is 12.3. The monoisotopic (exact) mass is 412 g/mol. The smallest absolute Gasteiger partial charge is 0.303 e. The zero-order valence-corrected chi connectivity index (χ0v) is 15.7. The molecule has 0 saturated heterocycles.